The van der Waals surface area contributed by atoms with Crippen molar-refractivity contribution >= 4 is 5.91 Å². The molecule has 3 N–H and O–H groups in total. The third-order valence-electron chi connectivity index (χ3n) is 3.39. The van der Waals surface area contributed by atoms with Gasteiger partial charge in [-0.3, -0.25) is 4.79 Å². The molecule has 0 saturated carbocycles. The van der Waals surface area contributed by atoms with Crippen LogP contribution in [0.4, 0.5) is 0 Å². The van der Waals surface area contributed by atoms with Gasteiger partial charge in [-0.1, -0.05) is 0 Å². The highest BCUT2D eigenvalue weighted by Crippen LogP contribution is 2.25. The van der Waals surface area contributed by atoms with E-state index >= 15 is 0 Å². The number of primary amides is 1. The molecule has 1 unspecified atom stereocenters. The second kappa shape index (κ2) is 4.49. The topological polar surface area (TPSA) is 72.9 Å². The summed E-state index contributed by atoms with van der Waals surface area (Å²) < 4.78 is 2.04. The summed E-state index contributed by atoms with van der Waals surface area (Å²) in [6.45, 7) is 5.35. The zero-order chi connectivity index (χ0) is 12.5. The van der Waals surface area contributed by atoms with Gasteiger partial charge >= 0.3 is 0 Å². The van der Waals surface area contributed by atoms with E-state index in [1.807, 2.05) is 24.6 Å². The second-order valence-corrected chi connectivity index (χ2v) is 5.34. The monoisotopic (exact) mass is 236 g/mol. The van der Waals surface area contributed by atoms with Crippen LogP contribution in [0.3, 0.4) is 0 Å². The second-order valence-electron chi connectivity index (χ2n) is 5.34. The zero-order valence-corrected chi connectivity index (χ0v) is 10.4. The van der Waals surface area contributed by atoms with Crippen LogP contribution in [0.1, 0.15) is 38.4 Å². The minimum absolute atomic E-state index is 0.281. The molecule has 1 amide bonds. The molecule has 1 aromatic heterocycles. The number of carbonyl (C=O) groups is 1. The normalized spacial score (nSPS) is 20.7. The Morgan fingerprint density at radius 3 is 3.06 bits per heavy atom. The first-order valence-corrected chi connectivity index (χ1v) is 6.04. The van der Waals surface area contributed by atoms with Crippen molar-refractivity contribution in [1.82, 2.24) is 14.9 Å². The van der Waals surface area contributed by atoms with Crippen LogP contribution in [-0.4, -0.2) is 22.0 Å². The highest BCUT2D eigenvalue weighted by Gasteiger charge is 2.28. The summed E-state index contributed by atoms with van der Waals surface area (Å²) in [5.74, 6) is -0.281. The third-order valence-corrected chi connectivity index (χ3v) is 3.39. The maximum atomic E-state index is 11.4. The molecular formula is C12H20N4O. The summed E-state index contributed by atoms with van der Waals surface area (Å²) in [5.41, 5.74) is 6.00. The molecular weight excluding hydrogens is 216 g/mol. The van der Waals surface area contributed by atoms with Gasteiger partial charge < -0.3 is 15.6 Å². The van der Waals surface area contributed by atoms with Crippen LogP contribution >= 0.6 is 0 Å². The van der Waals surface area contributed by atoms with Crippen LogP contribution in [0.2, 0.25) is 0 Å². The van der Waals surface area contributed by atoms with Crippen LogP contribution in [-0.2, 0) is 11.3 Å². The van der Waals surface area contributed by atoms with Gasteiger partial charge in [-0.05, 0) is 33.2 Å². The lowest BCUT2D eigenvalue weighted by Gasteiger charge is -2.23. The number of amides is 1. The van der Waals surface area contributed by atoms with Crippen molar-refractivity contribution < 1.29 is 4.79 Å². The first-order chi connectivity index (χ1) is 8.00. The molecule has 0 aromatic carbocycles. The van der Waals surface area contributed by atoms with Crippen LogP contribution in [0, 0.1) is 5.41 Å². The maximum absolute atomic E-state index is 11.4. The van der Waals surface area contributed by atoms with Crippen molar-refractivity contribution in [3.8, 4) is 0 Å². The highest BCUT2D eigenvalue weighted by atomic mass is 16.1. The van der Waals surface area contributed by atoms with Crippen molar-refractivity contribution in [2.24, 2.45) is 11.1 Å². The minimum Gasteiger partial charge on any atom is -0.369 e. The molecule has 5 nitrogen and oxygen atoms in total. The fourth-order valence-corrected chi connectivity index (χ4v) is 2.19. The Hall–Kier alpha value is -1.36. The quantitative estimate of drug-likeness (QED) is 0.813. The van der Waals surface area contributed by atoms with E-state index in [2.05, 4.69) is 10.3 Å². The van der Waals surface area contributed by atoms with E-state index in [0.29, 0.717) is 12.6 Å². The number of nitrogens with zero attached hydrogens (tertiary/aromatic N) is 2. The molecule has 17 heavy (non-hydrogen) atoms. The van der Waals surface area contributed by atoms with Crippen LogP contribution in [0.25, 0.3) is 0 Å². The van der Waals surface area contributed by atoms with Crippen molar-refractivity contribution in [3.05, 3.63) is 18.2 Å². The molecule has 0 spiro atoms. The predicted octanol–water partition coefficient (Wildman–Crippen LogP) is 0.819. The average Bonchev–Trinajstić information content (AvgIpc) is 2.85. The molecule has 1 saturated heterocycles. The molecule has 1 atom stereocenters. The first-order valence-electron chi connectivity index (χ1n) is 6.04. The Kier molecular flexibility index (Phi) is 3.19. The number of carbonyl (C=O) groups excluding carboxylic acids is 1. The lowest BCUT2D eigenvalue weighted by Crippen LogP contribution is -2.36. The Morgan fingerprint density at radius 1 is 1.71 bits per heavy atom. The van der Waals surface area contributed by atoms with E-state index < -0.39 is 5.41 Å². The number of hydrogen-bond donors (Lipinski definition) is 2. The Bertz CT molecular complexity index is 404. The first kappa shape index (κ1) is 12.1. The van der Waals surface area contributed by atoms with Gasteiger partial charge in [0.05, 0.1) is 17.4 Å². The zero-order valence-electron chi connectivity index (χ0n) is 10.4. The summed E-state index contributed by atoms with van der Waals surface area (Å²) in [6.07, 6.45) is 5.97. The van der Waals surface area contributed by atoms with Gasteiger partial charge in [-0.25, -0.2) is 4.98 Å². The molecule has 2 heterocycles. The van der Waals surface area contributed by atoms with Gasteiger partial charge in [0.25, 0.3) is 0 Å². The van der Waals surface area contributed by atoms with E-state index in [4.69, 9.17) is 5.73 Å². The molecule has 1 aromatic rings. The maximum Gasteiger partial charge on any atom is 0.224 e. The summed E-state index contributed by atoms with van der Waals surface area (Å²) >= 11 is 0. The van der Waals surface area contributed by atoms with E-state index in [0.717, 1.165) is 18.7 Å². The molecule has 0 radical (unpaired) electrons. The Balaban J connectivity index is 2.16. The third kappa shape index (κ3) is 2.49. The largest absolute Gasteiger partial charge is 0.369 e. The van der Waals surface area contributed by atoms with Crippen LogP contribution in [0.15, 0.2) is 12.5 Å². The summed E-state index contributed by atoms with van der Waals surface area (Å²) in [4.78, 5) is 15.5. The van der Waals surface area contributed by atoms with Gasteiger partial charge in [-0.2, -0.15) is 0 Å². The lowest BCUT2D eigenvalue weighted by atomic mass is 9.92. The summed E-state index contributed by atoms with van der Waals surface area (Å²) in [6, 6.07) is 0.362. The smallest absolute Gasteiger partial charge is 0.224 e. The number of imidazole rings is 1. The lowest BCUT2D eigenvalue weighted by molar-refractivity contribution is -0.126. The van der Waals surface area contributed by atoms with Crippen molar-refractivity contribution in [3.63, 3.8) is 0 Å². The molecule has 2 rings (SSSR count). The van der Waals surface area contributed by atoms with Gasteiger partial charge in [0.15, 0.2) is 0 Å². The van der Waals surface area contributed by atoms with E-state index in [-0.39, 0.29) is 5.91 Å². The summed E-state index contributed by atoms with van der Waals surface area (Å²) in [5, 5.41) is 3.44. The van der Waals surface area contributed by atoms with Crippen molar-refractivity contribution in [2.75, 3.05) is 6.54 Å². The van der Waals surface area contributed by atoms with Gasteiger partial charge in [-0.15, -0.1) is 0 Å². The molecule has 1 fully saturated rings. The Morgan fingerprint density at radius 2 is 2.47 bits per heavy atom. The predicted molar refractivity (Wildman–Crippen MR) is 65.2 cm³/mol. The van der Waals surface area contributed by atoms with Crippen LogP contribution < -0.4 is 11.1 Å². The van der Waals surface area contributed by atoms with Crippen molar-refractivity contribution in [2.45, 2.75) is 39.3 Å². The van der Waals surface area contributed by atoms with E-state index in [9.17, 15) is 4.79 Å². The van der Waals surface area contributed by atoms with Crippen LogP contribution in [0.5, 0.6) is 0 Å². The molecule has 1 aliphatic heterocycles. The number of nitrogens with one attached hydrogen (secondary N) is 1. The SMILES string of the molecule is CC(C)(Cn1cncc1C1CCCN1)C(N)=O. The molecule has 0 aliphatic carbocycles. The van der Waals surface area contributed by atoms with Crippen molar-refractivity contribution in [1.29, 1.82) is 0 Å². The molecule has 1 aliphatic rings. The number of rotatable bonds is 4. The Labute approximate surface area is 101 Å². The summed E-state index contributed by atoms with van der Waals surface area (Å²) in [7, 11) is 0. The van der Waals surface area contributed by atoms with Gasteiger partial charge in [0, 0.05) is 18.8 Å². The fourth-order valence-electron chi connectivity index (χ4n) is 2.19. The van der Waals surface area contributed by atoms with E-state index in [1.165, 1.54) is 6.42 Å². The average molecular weight is 236 g/mol. The highest BCUT2D eigenvalue weighted by molar-refractivity contribution is 5.79. The molecule has 0 bridgehead atoms. The number of hydrogen-bond acceptors (Lipinski definition) is 3. The molecule has 94 valence electrons. The van der Waals surface area contributed by atoms with Gasteiger partial charge in [0.2, 0.25) is 5.91 Å². The van der Waals surface area contributed by atoms with E-state index in [1.54, 1.807) is 6.33 Å². The number of aromatic nitrogens is 2. The molecule has 5 heteroatoms. The minimum atomic E-state index is -0.548. The number of nitrogens with two attached hydrogens (primary N) is 1. The fraction of sp³-hybridized carbons (Fsp3) is 0.667. The van der Waals surface area contributed by atoms with Gasteiger partial charge in [0.1, 0.15) is 0 Å². The standard InChI is InChI=1S/C12H20N4O/c1-12(2,11(13)17)7-16-8-14-6-10(16)9-4-3-5-15-9/h6,8-9,15H,3-5,7H2,1-2H3,(H2,13,17).